The first-order chi connectivity index (χ1) is 71.2. The number of nitrogens with two attached hydrogens (primary N) is 1. The number of nitrogen functional groups attached to an aromatic ring is 1. The van der Waals surface area contributed by atoms with E-state index in [2.05, 4.69) is 130 Å². The Bertz CT molecular complexity index is 6310. The molecule has 14 aromatic rings. The van der Waals surface area contributed by atoms with Gasteiger partial charge in [-0.2, -0.15) is 24.9 Å². The zero-order valence-corrected chi connectivity index (χ0v) is 88.3. The molecule has 0 radical (unpaired) electrons. The number of H-pyrrole nitrogens is 2. The van der Waals surface area contributed by atoms with Crippen LogP contribution in [0.15, 0.2) is 122 Å². The molecule has 26 rings (SSSR count). The SMILES string of the molecule is COc1cc(-c2cnc3nc(N4CCC(N5CCCCC5)CC4)sc3c2)ccn1.Cc1cnc2nc(N3CCC(N4CCCCC4)CC3)oc2c1.Clc1cnc2nc(N3CCC(N4CCCCC4)CC3)sc2c1.Nc1cnc2nc(N3CCC(N4CCCCC4)CC3)sc2c1.O=c1cc(-c2cc3sc(N4CCC(N5CCCCC5)CC4)nc3cn2)[nH]c(=O)[nH]1.c1cnc2nc(N3CCC(N4CCCCC4)CC3)oc2c1. The molecule has 0 aromatic carbocycles. The molecule has 12 aliphatic rings. The van der Waals surface area contributed by atoms with Crippen LogP contribution in [0.3, 0.4) is 0 Å². The van der Waals surface area contributed by atoms with Crippen LogP contribution in [0.1, 0.15) is 198 Å². The van der Waals surface area contributed by atoms with Crippen molar-refractivity contribution in [2.24, 2.45) is 0 Å². The van der Waals surface area contributed by atoms with Gasteiger partial charge in [0.15, 0.2) is 48.6 Å². The van der Waals surface area contributed by atoms with Crippen molar-refractivity contribution in [2.75, 3.05) is 199 Å². The van der Waals surface area contributed by atoms with E-state index in [1.54, 1.807) is 83.4 Å². The van der Waals surface area contributed by atoms with E-state index in [9.17, 15) is 9.59 Å². The summed E-state index contributed by atoms with van der Waals surface area (Å²) < 4.78 is 21.3. The molecular formula is C107H141ClN28O5S4. The summed E-state index contributed by atoms with van der Waals surface area (Å²) in [6, 6.07) is 25.1. The van der Waals surface area contributed by atoms with E-state index in [1.165, 1.54) is 277 Å². The molecule has 0 aliphatic carbocycles. The quantitative estimate of drug-likeness (QED) is 0.0858. The summed E-state index contributed by atoms with van der Waals surface area (Å²) in [6.07, 6.45) is 51.9. The van der Waals surface area contributed by atoms with Gasteiger partial charge in [0.25, 0.3) is 17.6 Å². The number of aryl methyl sites for hydroxylation is 1. The Kier molecular flexibility index (Phi) is 33.5. The van der Waals surface area contributed by atoms with E-state index in [4.69, 9.17) is 40.9 Å². The number of oxazole rings is 2. The number of ether oxygens (including phenoxy) is 1. The Morgan fingerprint density at radius 2 is 0.745 bits per heavy atom. The Morgan fingerprint density at radius 1 is 0.352 bits per heavy atom. The van der Waals surface area contributed by atoms with Crippen molar-refractivity contribution in [1.82, 2.24) is 104 Å². The van der Waals surface area contributed by atoms with Crippen molar-refractivity contribution in [3.63, 3.8) is 0 Å². The lowest BCUT2D eigenvalue weighted by Gasteiger charge is -2.40. The number of aromatic amines is 2. The Balaban J connectivity index is 0.000000103. The molecule has 0 atom stereocenters. The van der Waals surface area contributed by atoms with Gasteiger partial charge in [-0.3, -0.25) is 14.8 Å². The number of rotatable bonds is 15. The number of likely N-dealkylation sites (tertiary alicyclic amines) is 6. The molecule has 0 amide bonds. The van der Waals surface area contributed by atoms with Gasteiger partial charge < -0.3 is 83.1 Å². The number of pyridine rings is 7. The Labute approximate surface area is 869 Å². The van der Waals surface area contributed by atoms with Crippen molar-refractivity contribution in [1.29, 1.82) is 0 Å². The van der Waals surface area contributed by atoms with Crippen LogP contribution in [0.25, 0.3) is 86.2 Å². The predicted octanol–water partition coefficient (Wildman–Crippen LogP) is 18.6. The average molecular weight is 2060 g/mol. The van der Waals surface area contributed by atoms with Crippen LogP contribution < -0.4 is 51.1 Å². The third-order valence-corrected chi connectivity index (χ3v) is 36.1. The van der Waals surface area contributed by atoms with E-state index in [-0.39, 0.29) is 0 Å². The van der Waals surface area contributed by atoms with Crippen molar-refractivity contribution in [2.45, 2.75) is 236 Å². The predicted molar refractivity (Wildman–Crippen MR) is 588 cm³/mol. The maximum Gasteiger partial charge on any atom is 0.326 e. The van der Waals surface area contributed by atoms with Crippen molar-refractivity contribution in [3.8, 4) is 28.4 Å². The number of thiazole rings is 4. The molecule has 0 spiro atoms. The molecule has 0 saturated carbocycles. The number of hydrogen-bond donors (Lipinski definition) is 3. The van der Waals surface area contributed by atoms with Crippen molar-refractivity contribution in [3.05, 3.63) is 135 Å². The molecule has 0 unspecified atom stereocenters. The van der Waals surface area contributed by atoms with Gasteiger partial charge in [0.2, 0.25) is 17.2 Å². The zero-order chi connectivity index (χ0) is 98.3. The van der Waals surface area contributed by atoms with Crippen LogP contribution >= 0.6 is 56.9 Å². The smallest absolute Gasteiger partial charge is 0.326 e. The minimum Gasteiger partial charge on any atom is -0.481 e. The lowest BCUT2D eigenvalue weighted by molar-refractivity contribution is 0.140. The lowest BCUT2D eigenvalue weighted by Crippen LogP contribution is -2.46. The molecule has 33 nitrogen and oxygen atoms in total. The first kappa shape index (κ1) is 101. The van der Waals surface area contributed by atoms with Gasteiger partial charge >= 0.3 is 5.69 Å². The minimum atomic E-state index is -0.532. The molecule has 0 bridgehead atoms. The molecule has 4 N–H and O–H groups in total. The molecule has 770 valence electrons. The number of aromatic nitrogens is 15. The van der Waals surface area contributed by atoms with Gasteiger partial charge in [0.1, 0.15) is 5.52 Å². The fourth-order valence-corrected chi connectivity index (χ4v) is 27.9. The maximum absolute atomic E-state index is 11.6. The molecule has 26 heterocycles. The van der Waals surface area contributed by atoms with E-state index < -0.39 is 11.2 Å². The number of methoxy groups -OCH3 is 1. The first-order valence-corrected chi connectivity index (χ1v) is 57.6. The second kappa shape index (κ2) is 48.3. The number of piperidine rings is 12. The molecule has 38 heteroatoms. The molecule has 12 fully saturated rings. The monoisotopic (exact) mass is 2060 g/mol. The Hall–Kier alpha value is -10.3. The standard InChI is InChI=1S/C22H27N5OS.C20H24N6O2S.C17H24N4O.C16H21ClN4S.C16H23N5S.C16H22N4O/c1-28-20-14-16(5-8-23-20)17-13-19-21(24-15-17)25-22(29-19)27-11-6-18(7-12-27)26-9-3-2-4-10-26;27-18-11-15(22-19(28)24-18)14-10-17-16(12-21-14)23-20(29-17)26-8-4-13(5-9-26)25-6-2-1-3-7-25;1-13-11-15-16(18-12-13)19-17(22-15)21-9-5-14(6-10-21)20-7-3-2-4-8-20;2*17-12-10-14-15(18-11-12)19-16(22-14)21-8-4-13(5-9-21)20-6-2-1-3-7-20;1-2-9-19(10-3-1)13-6-11-20(12-7-13)16-18-15-14(21-16)5-4-8-17-15/h5,8,13-15,18H,2-4,6-7,9-12H2,1H3;10-13H,1-9H2,(H2,22,24,27,28);11-12,14H,2-10H2,1H3;10-11,13H,1-9H2;10-11,13H,1-9,17H2;4-5,8,13H,1-3,6-7,9-12H2. The number of halogens is 1. The third-order valence-electron chi connectivity index (χ3n) is 31.7. The molecular weight excluding hydrogens is 1920 g/mol. The molecule has 145 heavy (non-hydrogen) atoms. The summed E-state index contributed by atoms with van der Waals surface area (Å²) in [4.78, 5) is 117. The largest absolute Gasteiger partial charge is 0.481 e. The number of hydrogen-bond acceptors (Lipinski definition) is 35. The first-order valence-electron chi connectivity index (χ1n) is 53.9. The number of anilines is 7. The van der Waals surface area contributed by atoms with Gasteiger partial charge in [0.05, 0.1) is 60.4 Å². The highest BCUT2D eigenvalue weighted by Gasteiger charge is 2.36. The highest BCUT2D eigenvalue weighted by Crippen LogP contribution is 2.41. The number of fused-ring (bicyclic) bond motifs is 6. The fraction of sp³-hybridized carbons (Fsp3) is 0.579. The zero-order valence-electron chi connectivity index (χ0n) is 84.3. The fourth-order valence-electron chi connectivity index (χ4n) is 23.6. The van der Waals surface area contributed by atoms with Gasteiger partial charge in [0, 0.05) is 163 Å². The summed E-state index contributed by atoms with van der Waals surface area (Å²) in [5.74, 6) is 0.615. The van der Waals surface area contributed by atoms with Gasteiger partial charge in [-0.15, -0.1) is 0 Å². The molecule has 14 aromatic heterocycles. The topological polar surface area (TPSA) is 334 Å². The normalized spacial score (nSPS) is 20.6. The summed E-state index contributed by atoms with van der Waals surface area (Å²) in [6.45, 7) is 30.3. The Morgan fingerprint density at radius 3 is 1.19 bits per heavy atom. The maximum atomic E-state index is 11.6. The lowest BCUT2D eigenvalue weighted by atomic mass is 10.0. The van der Waals surface area contributed by atoms with Crippen molar-refractivity contribution >= 4 is 159 Å². The summed E-state index contributed by atoms with van der Waals surface area (Å²) >= 11 is 12.8. The van der Waals surface area contributed by atoms with Crippen molar-refractivity contribution < 1.29 is 13.6 Å². The molecule has 12 aliphatic heterocycles. The number of nitrogens with one attached hydrogen (secondary N) is 2. The van der Waals surface area contributed by atoms with E-state index >= 15 is 0 Å². The van der Waals surface area contributed by atoms with E-state index in [0.717, 1.165) is 216 Å². The summed E-state index contributed by atoms with van der Waals surface area (Å²) in [7, 11) is 1.64. The van der Waals surface area contributed by atoms with Crippen LogP contribution in [0.2, 0.25) is 5.02 Å². The van der Waals surface area contributed by atoms with Crippen LogP contribution in [0.4, 0.5) is 38.2 Å². The van der Waals surface area contributed by atoms with E-state index in [1.807, 2.05) is 67.8 Å². The van der Waals surface area contributed by atoms with Crippen LogP contribution in [0, 0.1) is 6.92 Å². The van der Waals surface area contributed by atoms with Crippen LogP contribution in [-0.4, -0.2) is 305 Å². The second-order valence-electron chi connectivity index (χ2n) is 41.3. The van der Waals surface area contributed by atoms with Gasteiger partial charge in [-0.05, 0) is 299 Å². The van der Waals surface area contributed by atoms with Gasteiger partial charge in [-0.1, -0.05) is 95.5 Å². The van der Waals surface area contributed by atoms with Crippen LogP contribution in [-0.2, 0) is 0 Å². The summed E-state index contributed by atoms with van der Waals surface area (Å²) in [5, 5.41) is 5.02. The highest BCUT2D eigenvalue weighted by molar-refractivity contribution is 7.23. The van der Waals surface area contributed by atoms with E-state index in [0.29, 0.717) is 39.7 Å². The minimum absolute atomic E-state index is 0.415. The van der Waals surface area contributed by atoms with Gasteiger partial charge in [-0.25, -0.2) is 39.7 Å². The average Bonchev–Trinajstić information content (AvgIpc) is 1.67. The summed E-state index contributed by atoms with van der Waals surface area (Å²) in [5.41, 5.74) is 16.1. The second-order valence-corrected chi connectivity index (χ2v) is 45.7. The number of nitrogens with zero attached hydrogens (tertiary/aromatic N) is 25. The highest BCUT2D eigenvalue weighted by atomic mass is 35.5. The third kappa shape index (κ3) is 25.5. The molecule has 12 saturated heterocycles. The van der Waals surface area contributed by atoms with Crippen LogP contribution in [0.5, 0.6) is 5.88 Å².